The molecular weight excluding hydrogens is 306 g/mol. The fourth-order valence-corrected chi connectivity index (χ4v) is 1.83. The van der Waals surface area contributed by atoms with Crippen molar-refractivity contribution in [3.8, 4) is 0 Å². The lowest BCUT2D eigenvalue weighted by Crippen LogP contribution is -1.97. The second-order valence-electron chi connectivity index (χ2n) is 3.81. The molecule has 1 aliphatic rings. The van der Waals surface area contributed by atoms with Crippen molar-refractivity contribution in [2.45, 2.75) is 0 Å². The minimum atomic E-state index is -0.121. The second-order valence-corrected chi connectivity index (χ2v) is 4.73. The summed E-state index contributed by atoms with van der Waals surface area (Å²) in [7, 11) is 0. The molecule has 3 rings (SSSR count). The van der Waals surface area contributed by atoms with Crippen molar-refractivity contribution in [2.24, 2.45) is 0 Å². The summed E-state index contributed by atoms with van der Waals surface area (Å²) in [6.45, 7) is 0. The number of carbonyl (C=O) groups excluding carboxylic acids is 2. The Labute approximate surface area is 118 Å². The van der Waals surface area contributed by atoms with Gasteiger partial charge in [0.15, 0.2) is 11.6 Å². The number of halogens is 1. The van der Waals surface area contributed by atoms with Crippen LogP contribution in [0.4, 0.5) is 0 Å². The number of ketones is 2. The first-order valence-corrected chi connectivity index (χ1v) is 6.39. The highest BCUT2D eigenvalue weighted by Crippen LogP contribution is 2.16. The lowest BCUT2D eigenvalue weighted by atomic mass is 10.2. The summed E-state index contributed by atoms with van der Waals surface area (Å²) < 4.78 is 1.07. The van der Waals surface area contributed by atoms with Crippen molar-refractivity contribution in [2.75, 3.05) is 0 Å². The lowest BCUT2D eigenvalue weighted by Gasteiger charge is -1.94. The van der Waals surface area contributed by atoms with Crippen molar-refractivity contribution < 1.29 is 9.59 Å². The molecule has 94 valence electrons. The smallest absolute Gasteiger partial charge is 0.178 e. The first-order chi connectivity index (χ1) is 9.15. The number of fused-ring (bicyclic) bond motifs is 1. The predicted molar refractivity (Wildman–Crippen MR) is 77.7 cm³/mol. The van der Waals surface area contributed by atoms with E-state index in [0.29, 0.717) is 0 Å². The molecule has 1 aliphatic carbocycles. The zero-order valence-electron chi connectivity index (χ0n) is 9.92. The van der Waals surface area contributed by atoms with E-state index in [1.54, 1.807) is 6.20 Å². The molecule has 0 unspecified atom stereocenters. The summed E-state index contributed by atoms with van der Waals surface area (Å²) in [6.07, 6.45) is 6.81. The summed E-state index contributed by atoms with van der Waals surface area (Å²) in [5.74, 6) is -0.241. The standard InChI is InChI=1S/C9H6BrN.C6H4O2/c10-8-4-3-7-2-1-5-11-9(7)6-8;7-5-1-2-6(8)4-3-5/h1-6H;1-4H. The largest absolute Gasteiger partial charge is 0.290 e. The van der Waals surface area contributed by atoms with E-state index in [9.17, 15) is 9.59 Å². The zero-order valence-corrected chi connectivity index (χ0v) is 11.5. The number of hydrogen-bond donors (Lipinski definition) is 0. The molecule has 1 aromatic carbocycles. The molecule has 0 saturated carbocycles. The Morgan fingerprint density at radius 3 is 2.16 bits per heavy atom. The quantitative estimate of drug-likeness (QED) is 0.701. The number of allylic oxidation sites excluding steroid dienone is 4. The molecule has 0 atom stereocenters. The van der Waals surface area contributed by atoms with Gasteiger partial charge in [0.2, 0.25) is 0 Å². The van der Waals surface area contributed by atoms with E-state index in [4.69, 9.17) is 0 Å². The summed E-state index contributed by atoms with van der Waals surface area (Å²) in [4.78, 5) is 24.8. The van der Waals surface area contributed by atoms with Gasteiger partial charge in [-0.1, -0.05) is 28.1 Å². The number of rotatable bonds is 0. The molecule has 0 N–H and O–H groups in total. The maximum Gasteiger partial charge on any atom is 0.178 e. The van der Waals surface area contributed by atoms with Gasteiger partial charge in [-0.25, -0.2) is 0 Å². The third-order valence-electron chi connectivity index (χ3n) is 2.39. The van der Waals surface area contributed by atoms with Gasteiger partial charge in [-0.05, 0) is 42.5 Å². The Hall–Kier alpha value is -2.07. The van der Waals surface area contributed by atoms with Crippen LogP contribution in [-0.4, -0.2) is 16.6 Å². The molecular formula is C15H10BrNO2. The van der Waals surface area contributed by atoms with Crippen molar-refractivity contribution in [1.82, 2.24) is 4.98 Å². The number of carbonyl (C=O) groups is 2. The first kappa shape index (κ1) is 13.4. The van der Waals surface area contributed by atoms with Crippen LogP contribution in [0, 0.1) is 0 Å². The van der Waals surface area contributed by atoms with E-state index in [1.165, 1.54) is 29.7 Å². The molecule has 0 amide bonds. The normalized spacial score (nSPS) is 13.3. The van der Waals surface area contributed by atoms with Gasteiger partial charge in [0, 0.05) is 16.1 Å². The SMILES string of the molecule is Brc1ccc2cccnc2c1.O=C1C=CC(=O)C=C1. The molecule has 0 spiro atoms. The Morgan fingerprint density at radius 1 is 0.895 bits per heavy atom. The highest BCUT2D eigenvalue weighted by Gasteiger charge is 1.98. The Kier molecular flexibility index (Phi) is 4.36. The molecule has 19 heavy (non-hydrogen) atoms. The van der Waals surface area contributed by atoms with E-state index < -0.39 is 0 Å². The van der Waals surface area contributed by atoms with Crippen molar-refractivity contribution in [3.63, 3.8) is 0 Å². The molecule has 1 aromatic heterocycles. The van der Waals surface area contributed by atoms with E-state index in [1.807, 2.05) is 24.3 Å². The molecule has 4 heteroatoms. The minimum Gasteiger partial charge on any atom is -0.290 e. The van der Waals surface area contributed by atoms with E-state index in [2.05, 4.69) is 27.0 Å². The molecule has 3 nitrogen and oxygen atoms in total. The van der Waals surface area contributed by atoms with Gasteiger partial charge in [-0.15, -0.1) is 0 Å². The Bertz CT molecular complexity index is 651. The second kappa shape index (κ2) is 6.20. The van der Waals surface area contributed by atoms with Crippen LogP contribution in [0.15, 0.2) is 65.3 Å². The van der Waals surface area contributed by atoms with Gasteiger partial charge in [-0.3, -0.25) is 14.6 Å². The van der Waals surface area contributed by atoms with Gasteiger partial charge in [-0.2, -0.15) is 0 Å². The minimum absolute atomic E-state index is 0.121. The summed E-state index contributed by atoms with van der Waals surface area (Å²) in [5.41, 5.74) is 1.03. The average molecular weight is 316 g/mol. The molecule has 0 aliphatic heterocycles. The molecule has 0 radical (unpaired) electrons. The summed E-state index contributed by atoms with van der Waals surface area (Å²) in [5, 5.41) is 1.18. The van der Waals surface area contributed by atoms with Crippen LogP contribution < -0.4 is 0 Å². The molecule has 1 heterocycles. The topological polar surface area (TPSA) is 47.0 Å². The molecule has 0 saturated heterocycles. The maximum atomic E-state index is 10.3. The van der Waals surface area contributed by atoms with Crippen LogP contribution in [0.25, 0.3) is 10.9 Å². The fraction of sp³-hybridized carbons (Fsp3) is 0. The van der Waals surface area contributed by atoms with Crippen molar-refractivity contribution in [1.29, 1.82) is 0 Å². The third-order valence-corrected chi connectivity index (χ3v) is 2.88. The van der Waals surface area contributed by atoms with Gasteiger partial charge in [0.1, 0.15) is 0 Å². The van der Waals surface area contributed by atoms with Crippen molar-refractivity contribution in [3.05, 3.63) is 65.3 Å². The monoisotopic (exact) mass is 315 g/mol. The summed E-state index contributed by atoms with van der Waals surface area (Å²) >= 11 is 3.39. The highest BCUT2D eigenvalue weighted by atomic mass is 79.9. The van der Waals surface area contributed by atoms with Crippen molar-refractivity contribution >= 4 is 38.4 Å². The van der Waals surface area contributed by atoms with Crippen LogP contribution in [0.5, 0.6) is 0 Å². The van der Waals surface area contributed by atoms with Crippen LogP contribution in [0.3, 0.4) is 0 Å². The molecule has 0 bridgehead atoms. The third kappa shape index (κ3) is 3.96. The van der Waals surface area contributed by atoms with E-state index in [-0.39, 0.29) is 11.6 Å². The van der Waals surface area contributed by atoms with Gasteiger partial charge >= 0.3 is 0 Å². The van der Waals surface area contributed by atoms with Gasteiger partial charge < -0.3 is 0 Å². The zero-order chi connectivity index (χ0) is 13.7. The first-order valence-electron chi connectivity index (χ1n) is 5.59. The number of hydrogen-bond acceptors (Lipinski definition) is 3. The Balaban J connectivity index is 0.000000148. The summed E-state index contributed by atoms with van der Waals surface area (Å²) in [6, 6.07) is 10.1. The number of benzene rings is 1. The fourth-order valence-electron chi connectivity index (χ4n) is 1.48. The van der Waals surface area contributed by atoms with Gasteiger partial charge in [0.25, 0.3) is 0 Å². The molecule has 0 fully saturated rings. The van der Waals surface area contributed by atoms with Crippen LogP contribution >= 0.6 is 15.9 Å². The van der Waals surface area contributed by atoms with E-state index in [0.717, 1.165) is 9.99 Å². The van der Waals surface area contributed by atoms with Crippen LogP contribution in [0.2, 0.25) is 0 Å². The van der Waals surface area contributed by atoms with Gasteiger partial charge in [0.05, 0.1) is 5.52 Å². The van der Waals surface area contributed by atoms with Crippen LogP contribution in [0.1, 0.15) is 0 Å². The number of pyridine rings is 1. The lowest BCUT2D eigenvalue weighted by molar-refractivity contribution is -0.113. The van der Waals surface area contributed by atoms with Crippen LogP contribution in [-0.2, 0) is 9.59 Å². The number of nitrogens with zero attached hydrogens (tertiary/aromatic N) is 1. The number of aromatic nitrogens is 1. The predicted octanol–water partition coefficient (Wildman–Crippen LogP) is 3.25. The van der Waals surface area contributed by atoms with E-state index >= 15 is 0 Å². The Morgan fingerprint density at radius 2 is 1.53 bits per heavy atom. The molecule has 2 aromatic rings. The average Bonchev–Trinajstić information content (AvgIpc) is 2.43. The highest BCUT2D eigenvalue weighted by molar-refractivity contribution is 9.10. The maximum absolute atomic E-state index is 10.3.